The number of imidazole rings is 1. The van der Waals surface area contributed by atoms with Gasteiger partial charge in [0.1, 0.15) is 5.82 Å². The summed E-state index contributed by atoms with van der Waals surface area (Å²) in [5.74, 6) is 0.619. The second kappa shape index (κ2) is 5.48. The van der Waals surface area contributed by atoms with E-state index in [-0.39, 0.29) is 0 Å². The minimum absolute atomic E-state index is 0.309. The Morgan fingerprint density at radius 2 is 2.10 bits per heavy atom. The van der Waals surface area contributed by atoms with Crippen LogP contribution in [0.25, 0.3) is 5.52 Å². The van der Waals surface area contributed by atoms with Gasteiger partial charge in [-0.1, -0.05) is 0 Å². The molecule has 112 valence electrons. The molecule has 3 rings (SSSR count). The first-order chi connectivity index (χ1) is 10.1. The van der Waals surface area contributed by atoms with Crippen LogP contribution < -0.4 is 0 Å². The number of hydrogen-bond donors (Lipinski definition) is 1. The number of aromatic nitrogens is 2. The van der Waals surface area contributed by atoms with Crippen molar-refractivity contribution in [1.82, 2.24) is 14.3 Å². The smallest absolute Gasteiger partial charge is 0.335 e. The maximum absolute atomic E-state index is 11.0. The summed E-state index contributed by atoms with van der Waals surface area (Å²) in [4.78, 5) is 18.1. The number of fused-ring (bicyclic) bond motifs is 1. The van der Waals surface area contributed by atoms with E-state index in [1.54, 1.807) is 18.3 Å². The summed E-state index contributed by atoms with van der Waals surface area (Å²) in [7, 11) is 0. The zero-order chi connectivity index (χ0) is 15.0. The molecule has 21 heavy (non-hydrogen) atoms. The first kappa shape index (κ1) is 14.1. The standard InChI is InChI=1S/C16H21N3O2/c1-11(2)18-6-3-12(4-7-18)15-17-10-14-9-13(16(20)21)5-8-19(14)15/h5,8-12H,3-4,6-7H2,1-2H3,(H,20,21). The van der Waals surface area contributed by atoms with Crippen LogP contribution in [0.4, 0.5) is 0 Å². The fraction of sp³-hybridized carbons (Fsp3) is 0.500. The highest BCUT2D eigenvalue weighted by atomic mass is 16.4. The van der Waals surface area contributed by atoms with Crippen LogP contribution in [0.15, 0.2) is 24.5 Å². The number of likely N-dealkylation sites (tertiary alicyclic amines) is 1. The van der Waals surface area contributed by atoms with Gasteiger partial charge in [-0.25, -0.2) is 9.78 Å². The summed E-state index contributed by atoms with van der Waals surface area (Å²) in [5.41, 5.74) is 1.17. The molecule has 0 radical (unpaired) electrons. The van der Waals surface area contributed by atoms with Crippen LogP contribution in [0.1, 0.15) is 48.8 Å². The molecule has 0 bridgehead atoms. The van der Waals surface area contributed by atoms with Crippen molar-refractivity contribution >= 4 is 11.5 Å². The monoisotopic (exact) mass is 287 g/mol. The second-order valence-corrected chi connectivity index (χ2v) is 6.04. The van der Waals surface area contributed by atoms with Gasteiger partial charge in [0.2, 0.25) is 0 Å². The van der Waals surface area contributed by atoms with Crippen molar-refractivity contribution in [3.8, 4) is 0 Å². The number of carboxylic acids is 1. The molecule has 1 fully saturated rings. The molecule has 2 aromatic heterocycles. The number of nitrogens with zero attached hydrogens (tertiary/aromatic N) is 3. The van der Waals surface area contributed by atoms with Gasteiger partial charge in [0.05, 0.1) is 17.3 Å². The average molecular weight is 287 g/mol. The number of rotatable bonds is 3. The number of piperidine rings is 1. The lowest BCUT2D eigenvalue weighted by molar-refractivity contribution is 0.0697. The maximum Gasteiger partial charge on any atom is 0.335 e. The summed E-state index contributed by atoms with van der Waals surface area (Å²) in [6.07, 6.45) is 5.82. The van der Waals surface area contributed by atoms with Crippen LogP contribution in [-0.4, -0.2) is 44.5 Å². The molecule has 0 spiro atoms. The lowest BCUT2D eigenvalue weighted by Crippen LogP contribution is -2.38. The third-order valence-corrected chi connectivity index (χ3v) is 4.43. The van der Waals surface area contributed by atoms with Crippen molar-refractivity contribution < 1.29 is 9.90 Å². The van der Waals surface area contributed by atoms with Gasteiger partial charge in [-0.15, -0.1) is 0 Å². The fourth-order valence-corrected chi connectivity index (χ4v) is 3.13. The van der Waals surface area contributed by atoms with Crippen LogP contribution >= 0.6 is 0 Å². The Balaban J connectivity index is 1.84. The zero-order valence-electron chi connectivity index (χ0n) is 12.5. The van der Waals surface area contributed by atoms with Gasteiger partial charge in [-0.05, 0) is 51.9 Å². The molecule has 0 atom stereocenters. The summed E-state index contributed by atoms with van der Waals surface area (Å²) in [6, 6.07) is 3.92. The Bertz CT molecular complexity index is 655. The van der Waals surface area contributed by atoms with Gasteiger partial charge in [-0.3, -0.25) is 0 Å². The maximum atomic E-state index is 11.0. The Morgan fingerprint density at radius 1 is 1.38 bits per heavy atom. The highest BCUT2D eigenvalue weighted by molar-refractivity contribution is 5.88. The second-order valence-electron chi connectivity index (χ2n) is 6.04. The van der Waals surface area contributed by atoms with E-state index in [9.17, 15) is 4.79 Å². The molecule has 0 saturated carbocycles. The third-order valence-electron chi connectivity index (χ3n) is 4.43. The minimum Gasteiger partial charge on any atom is -0.478 e. The summed E-state index contributed by atoms with van der Waals surface area (Å²) in [5, 5.41) is 9.05. The lowest BCUT2D eigenvalue weighted by Gasteiger charge is -2.34. The molecule has 5 nitrogen and oxygen atoms in total. The van der Waals surface area contributed by atoms with Crippen molar-refractivity contribution in [3.63, 3.8) is 0 Å². The van der Waals surface area contributed by atoms with Crippen molar-refractivity contribution in [3.05, 3.63) is 35.9 Å². The van der Waals surface area contributed by atoms with E-state index in [2.05, 4.69) is 23.7 Å². The molecule has 1 N–H and O–H groups in total. The first-order valence-electron chi connectivity index (χ1n) is 7.50. The highest BCUT2D eigenvalue weighted by Gasteiger charge is 2.25. The number of aromatic carboxylic acids is 1. The molecular formula is C16H21N3O2. The van der Waals surface area contributed by atoms with Gasteiger partial charge in [0, 0.05) is 18.2 Å². The molecule has 5 heteroatoms. The van der Waals surface area contributed by atoms with Crippen LogP contribution in [-0.2, 0) is 0 Å². The summed E-state index contributed by atoms with van der Waals surface area (Å²) < 4.78 is 2.03. The normalized spacial score (nSPS) is 17.7. The fourth-order valence-electron chi connectivity index (χ4n) is 3.13. The van der Waals surface area contributed by atoms with E-state index in [1.807, 2.05) is 10.6 Å². The SMILES string of the molecule is CC(C)N1CCC(c2ncc3cc(C(=O)O)ccn23)CC1. The van der Waals surface area contributed by atoms with E-state index >= 15 is 0 Å². The van der Waals surface area contributed by atoms with E-state index in [0.717, 1.165) is 37.3 Å². The predicted octanol–water partition coefficient (Wildman–Crippen LogP) is 2.62. The van der Waals surface area contributed by atoms with Gasteiger partial charge in [-0.2, -0.15) is 0 Å². The number of hydrogen-bond acceptors (Lipinski definition) is 3. The number of carbonyl (C=O) groups is 1. The Kier molecular flexibility index (Phi) is 3.68. The largest absolute Gasteiger partial charge is 0.478 e. The van der Waals surface area contributed by atoms with E-state index in [4.69, 9.17) is 5.11 Å². The Labute approximate surface area is 124 Å². The molecule has 3 heterocycles. The molecule has 0 amide bonds. The van der Waals surface area contributed by atoms with Crippen LogP contribution in [0.2, 0.25) is 0 Å². The quantitative estimate of drug-likeness (QED) is 0.942. The molecule has 0 aromatic carbocycles. The number of pyridine rings is 1. The molecule has 0 unspecified atom stereocenters. The van der Waals surface area contributed by atoms with E-state index < -0.39 is 5.97 Å². The molecule has 1 saturated heterocycles. The lowest BCUT2D eigenvalue weighted by atomic mass is 9.95. The molecule has 1 aliphatic rings. The molecular weight excluding hydrogens is 266 g/mol. The first-order valence-corrected chi connectivity index (χ1v) is 7.50. The molecule has 2 aromatic rings. The van der Waals surface area contributed by atoms with Gasteiger partial charge in [0.25, 0.3) is 0 Å². The molecule has 0 aliphatic carbocycles. The predicted molar refractivity (Wildman–Crippen MR) is 80.8 cm³/mol. The van der Waals surface area contributed by atoms with Crippen molar-refractivity contribution in [2.45, 2.75) is 38.6 Å². The van der Waals surface area contributed by atoms with Gasteiger partial charge < -0.3 is 14.4 Å². The Hall–Kier alpha value is -1.88. The van der Waals surface area contributed by atoms with E-state index in [1.165, 1.54) is 0 Å². The average Bonchev–Trinajstić information content (AvgIpc) is 2.90. The van der Waals surface area contributed by atoms with Crippen molar-refractivity contribution in [2.24, 2.45) is 0 Å². The summed E-state index contributed by atoms with van der Waals surface area (Å²) >= 11 is 0. The van der Waals surface area contributed by atoms with Gasteiger partial charge in [0.15, 0.2) is 0 Å². The van der Waals surface area contributed by atoms with Crippen molar-refractivity contribution in [1.29, 1.82) is 0 Å². The third kappa shape index (κ3) is 2.65. The zero-order valence-corrected chi connectivity index (χ0v) is 12.5. The van der Waals surface area contributed by atoms with Crippen LogP contribution in [0.5, 0.6) is 0 Å². The topological polar surface area (TPSA) is 57.8 Å². The van der Waals surface area contributed by atoms with Crippen LogP contribution in [0.3, 0.4) is 0 Å². The van der Waals surface area contributed by atoms with E-state index in [0.29, 0.717) is 17.5 Å². The molecule has 1 aliphatic heterocycles. The highest BCUT2D eigenvalue weighted by Crippen LogP contribution is 2.28. The van der Waals surface area contributed by atoms with Crippen molar-refractivity contribution in [2.75, 3.05) is 13.1 Å². The Morgan fingerprint density at radius 3 is 2.71 bits per heavy atom. The minimum atomic E-state index is -0.898. The summed E-state index contributed by atoms with van der Waals surface area (Å²) in [6.45, 7) is 6.67. The number of carboxylic acid groups (broad SMARTS) is 1. The van der Waals surface area contributed by atoms with Gasteiger partial charge >= 0.3 is 5.97 Å². The van der Waals surface area contributed by atoms with Crippen LogP contribution in [0, 0.1) is 0 Å².